The molecule has 3 nitrogen and oxygen atoms in total. The Balaban J connectivity index is 1.70. The normalized spacial score (nSPS) is 12.2. The molecule has 0 fully saturated rings. The first-order valence-corrected chi connectivity index (χ1v) is 6.61. The number of rotatable bonds is 4. The first kappa shape index (κ1) is 12.6. The molecule has 3 heteroatoms. The van der Waals surface area contributed by atoms with Gasteiger partial charge in [-0.15, -0.1) is 0 Å². The van der Waals surface area contributed by atoms with Gasteiger partial charge in [-0.05, 0) is 23.8 Å². The Bertz CT molecular complexity index is 697. The topological polar surface area (TPSA) is 48.1 Å². The second kappa shape index (κ2) is 5.72. The van der Waals surface area contributed by atoms with Crippen molar-refractivity contribution >= 4 is 10.9 Å². The summed E-state index contributed by atoms with van der Waals surface area (Å²) in [5.41, 5.74) is 8.12. The molecular weight excluding hydrogens is 248 g/mol. The molecule has 2 aromatic carbocycles. The predicted octanol–water partition coefficient (Wildman–Crippen LogP) is 3.31. The van der Waals surface area contributed by atoms with Crippen molar-refractivity contribution in [1.29, 1.82) is 0 Å². The van der Waals surface area contributed by atoms with Crippen molar-refractivity contribution in [3.8, 4) is 5.75 Å². The lowest BCUT2D eigenvalue weighted by molar-refractivity contribution is 0.291. The van der Waals surface area contributed by atoms with Crippen molar-refractivity contribution in [2.24, 2.45) is 5.73 Å². The van der Waals surface area contributed by atoms with Crippen molar-refractivity contribution < 1.29 is 4.74 Å². The van der Waals surface area contributed by atoms with Crippen LogP contribution in [0.5, 0.6) is 5.75 Å². The molecule has 0 aliphatic heterocycles. The zero-order valence-corrected chi connectivity index (χ0v) is 11.1. The minimum atomic E-state index is -0.129. The first-order chi connectivity index (χ1) is 9.83. The summed E-state index contributed by atoms with van der Waals surface area (Å²) in [6, 6.07) is 19.7. The van der Waals surface area contributed by atoms with E-state index in [0.717, 1.165) is 22.2 Å². The molecule has 0 bridgehead atoms. The summed E-state index contributed by atoms with van der Waals surface area (Å²) < 4.78 is 5.77. The van der Waals surface area contributed by atoms with Gasteiger partial charge in [-0.2, -0.15) is 0 Å². The fourth-order valence-corrected chi connectivity index (χ4v) is 2.12. The smallest absolute Gasteiger partial charge is 0.121 e. The summed E-state index contributed by atoms with van der Waals surface area (Å²) in [6.45, 7) is 0.447. The summed E-state index contributed by atoms with van der Waals surface area (Å²) in [6.07, 6.45) is 1.78. The van der Waals surface area contributed by atoms with E-state index in [1.165, 1.54) is 0 Å². The molecule has 0 amide bonds. The van der Waals surface area contributed by atoms with Crippen LogP contribution < -0.4 is 10.5 Å². The van der Waals surface area contributed by atoms with E-state index >= 15 is 0 Å². The van der Waals surface area contributed by atoms with Crippen molar-refractivity contribution in [2.45, 2.75) is 6.04 Å². The third-order valence-corrected chi connectivity index (χ3v) is 3.23. The minimum absolute atomic E-state index is 0.129. The van der Waals surface area contributed by atoms with E-state index in [0.29, 0.717) is 6.61 Å². The maximum atomic E-state index is 6.11. The molecule has 1 aromatic heterocycles. The third kappa shape index (κ3) is 2.78. The molecule has 1 unspecified atom stereocenters. The number of pyridine rings is 1. The number of aromatic nitrogens is 1. The Kier molecular flexibility index (Phi) is 3.61. The Labute approximate surface area is 118 Å². The van der Waals surface area contributed by atoms with Gasteiger partial charge in [0, 0.05) is 17.6 Å². The SMILES string of the molecule is NC(COc1ccc2cccnc2c1)c1ccccc1. The van der Waals surface area contributed by atoms with Crippen molar-refractivity contribution in [1.82, 2.24) is 4.98 Å². The van der Waals surface area contributed by atoms with Gasteiger partial charge in [0.15, 0.2) is 0 Å². The van der Waals surface area contributed by atoms with Gasteiger partial charge in [0.25, 0.3) is 0 Å². The standard InChI is InChI=1S/C17H16N2O/c18-16(13-5-2-1-3-6-13)12-20-15-9-8-14-7-4-10-19-17(14)11-15/h1-11,16H,12,18H2. The highest BCUT2D eigenvalue weighted by Gasteiger charge is 2.06. The minimum Gasteiger partial charge on any atom is -0.492 e. The lowest BCUT2D eigenvalue weighted by Gasteiger charge is -2.13. The van der Waals surface area contributed by atoms with Gasteiger partial charge >= 0.3 is 0 Å². The van der Waals surface area contributed by atoms with Crippen molar-refractivity contribution in [2.75, 3.05) is 6.61 Å². The molecule has 0 aliphatic rings. The van der Waals surface area contributed by atoms with Gasteiger partial charge in [-0.3, -0.25) is 4.98 Å². The van der Waals surface area contributed by atoms with Crippen LogP contribution in [0, 0.1) is 0 Å². The van der Waals surface area contributed by atoms with Crippen LogP contribution in [0.1, 0.15) is 11.6 Å². The third-order valence-electron chi connectivity index (χ3n) is 3.23. The number of nitrogens with two attached hydrogens (primary N) is 1. The summed E-state index contributed by atoms with van der Waals surface area (Å²) >= 11 is 0. The van der Waals surface area contributed by atoms with Crippen LogP contribution in [0.15, 0.2) is 66.9 Å². The molecule has 100 valence electrons. The summed E-state index contributed by atoms with van der Waals surface area (Å²) in [4.78, 5) is 4.32. The van der Waals surface area contributed by atoms with E-state index in [1.54, 1.807) is 6.20 Å². The maximum Gasteiger partial charge on any atom is 0.121 e. The van der Waals surface area contributed by atoms with Gasteiger partial charge in [0.05, 0.1) is 11.6 Å². The van der Waals surface area contributed by atoms with Crippen molar-refractivity contribution in [3.63, 3.8) is 0 Å². The van der Waals surface area contributed by atoms with Gasteiger partial charge < -0.3 is 10.5 Å². The zero-order valence-electron chi connectivity index (χ0n) is 11.1. The zero-order chi connectivity index (χ0) is 13.8. The highest BCUT2D eigenvalue weighted by Crippen LogP contribution is 2.20. The highest BCUT2D eigenvalue weighted by atomic mass is 16.5. The summed E-state index contributed by atoms with van der Waals surface area (Å²) in [5, 5.41) is 1.10. The molecule has 1 atom stereocenters. The van der Waals surface area contributed by atoms with Gasteiger partial charge in [-0.1, -0.05) is 36.4 Å². The van der Waals surface area contributed by atoms with Crippen LogP contribution in [-0.2, 0) is 0 Å². The molecule has 0 radical (unpaired) electrons. The lowest BCUT2D eigenvalue weighted by Crippen LogP contribution is -2.18. The molecule has 3 aromatic rings. The van der Waals surface area contributed by atoms with E-state index in [-0.39, 0.29) is 6.04 Å². The van der Waals surface area contributed by atoms with Gasteiger partial charge in [0.1, 0.15) is 12.4 Å². The van der Waals surface area contributed by atoms with Crippen LogP contribution in [0.25, 0.3) is 10.9 Å². The highest BCUT2D eigenvalue weighted by molar-refractivity contribution is 5.79. The first-order valence-electron chi connectivity index (χ1n) is 6.61. The Morgan fingerprint density at radius 3 is 2.70 bits per heavy atom. The molecule has 3 rings (SSSR count). The van der Waals surface area contributed by atoms with Gasteiger partial charge in [0.2, 0.25) is 0 Å². The number of benzene rings is 2. The van der Waals surface area contributed by atoms with E-state index in [9.17, 15) is 0 Å². The predicted molar refractivity (Wildman–Crippen MR) is 80.6 cm³/mol. The molecule has 0 spiro atoms. The fourth-order valence-electron chi connectivity index (χ4n) is 2.12. The van der Waals surface area contributed by atoms with E-state index in [1.807, 2.05) is 60.7 Å². The largest absolute Gasteiger partial charge is 0.492 e. The van der Waals surface area contributed by atoms with Crippen LogP contribution in [-0.4, -0.2) is 11.6 Å². The maximum absolute atomic E-state index is 6.11. The summed E-state index contributed by atoms with van der Waals surface area (Å²) in [5.74, 6) is 0.794. The molecule has 0 saturated heterocycles. The number of fused-ring (bicyclic) bond motifs is 1. The summed E-state index contributed by atoms with van der Waals surface area (Å²) in [7, 11) is 0. The molecule has 1 heterocycles. The quantitative estimate of drug-likeness (QED) is 0.786. The van der Waals surface area contributed by atoms with E-state index in [2.05, 4.69) is 4.98 Å². The number of hydrogen-bond acceptors (Lipinski definition) is 3. The number of hydrogen-bond donors (Lipinski definition) is 1. The molecular formula is C17H16N2O. The van der Waals surface area contributed by atoms with Gasteiger partial charge in [-0.25, -0.2) is 0 Å². The Hall–Kier alpha value is -2.39. The van der Waals surface area contributed by atoms with Crippen LogP contribution in [0.2, 0.25) is 0 Å². The van der Waals surface area contributed by atoms with Crippen molar-refractivity contribution in [3.05, 3.63) is 72.4 Å². The average molecular weight is 264 g/mol. The molecule has 20 heavy (non-hydrogen) atoms. The van der Waals surface area contributed by atoms with Crippen LogP contribution in [0.3, 0.4) is 0 Å². The number of nitrogens with zero attached hydrogens (tertiary/aromatic N) is 1. The monoisotopic (exact) mass is 264 g/mol. The molecule has 0 saturated carbocycles. The molecule has 2 N–H and O–H groups in total. The Morgan fingerprint density at radius 1 is 1.00 bits per heavy atom. The van der Waals surface area contributed by atoms with E-state index in [4.69, 9.17) is 10.5 Å². The Morgan fingerprint density at radius 2 is 1.85 bits per heavy atom. The molecule has 0 aliphatic carbocycles. The van der Waals surface area contributed by atoms with Crippen LogP contribution in [0.4, 0.5) is 0 Å². The van der Waals surface area contributed by atoms with Crippen LogP contribution >= 0.6 is 0 Å². The fraction of sp³-hybridized carbons (Fsp3) is 0.118. The second-order valence-electron chi connectivity index (χ2n) is 4.69. The number of ether oxygens (including phenoxy) is 1. The van der Waals surface area contributed by atoms with E-state index < -0.39 is 0 Å². The average Bonchev–Trinajstić information content (AvgIpc) is 2.53. The lowest BCUT2D eigenvalue weighted by atomic mass is 10.1. The second-order valence-corrected chi connectivity index (χ2v) is 4.69.